The highest BCUT2D eigenvalue weighted by atomic mass is 15.1. The predicted octanol–water partition coefficient (Wildman–Crippen LogP) is 3.13. The summed E-state index contributed by atoms with van der Waals surface area (Å²) in [6, 6.07) is 17.3. The minimum absolute atomic E-state index is 0.612. The number of hydrogen-bond donors (Lipinski definition) is 1. The third-order valence-corrected chi connectivity index (χ3v) is 3.58. The maximum atomic E-state index is 5.68. The molecular weight excluding hydrogens is 244 g/mol. The molecule has 0 aliphatic carbocycles. The quantitative estimate of drug-likeness (QED) is 0.872. The summed E-state index contributed by atoms with van der Waals surface area (Å²) in [5.74, 6) is 0. The topological polar surface area (TPSA) is 29.3 Å². The Morgan fingerprint density at radius 2 is 1.65 bits per heavy atom. The molecule has 2 rings (SSSR count). The lowest BCUT2D eigenvalue weighted by Gasteiger charge is -2.17. The molecule has 0 aliphatic rings. The molecule has 0 unspecified atom stereocenters. The van der Waals surface area contributed by atoms with Crippen molar-refractivity contribution < 1.29 is 0 Å². The fourth-order valence-corrected chi connectivity index (χ4v) is 2.32. The summed E-state index contributed by atoms with van der Waals surface area (Å²) in [4.78, 5) is 2.36. The maximum absolute atomic E-state index is 5.68. The molecule has 0 amide bonds. The van der Waals surface area contributed by atoms with Crippen molar-refractivity contribution in [2.45, 2.75) is 26.4 Å². The summed E-state index contributed by atoms with van der Waals surface area (Å²) in [6.45, 7) is 4.77. The van der Waals surface area contributed by atoms with Gasteiger partial charge in [-0.1, -0.05) is 54.1 Å². The normalized spacial score (nSPS) is 11.0. The second-order valence-corrected chi connectivity index (χ2v) is 5.50. The first-order valence-electron chi connectivity index (χ1n) is 7.19. The van der Waals surface area contributed by atoms with Gasteiger partial charge < -0.3 is 10.6 Å². The lowest BCUT2D eigenvalue weighted by atomic mass is 10.1. The Bertz CT molecular complexity index is 531. The van der Waals surface area contributed by atoms with Crippen LogP contribution in [-0.2, 0) is 19.5 Å². The number of aryl methyl sites for hydroxylation is 1. The van der Waals surface area contributed by atoms with E-state index in [1.807, 2.05) is 0 Å². The van der Waals surface area contributed by atoms with Crippen LogP contribution in [0.25, 0.3) is 0 Å². The van der Waals surface area contributed by atoms with Gasteiger partial charge in [0.2, 0.25) is 0 Å². The van der Waals surface area contributed by atoms with Gasteiger partial charge in [-0.3, -0.25) is 0 Å². The van der Waals surface area contributed by atoms with Crippen molar-refractivity contribution in [3.63, 3.8) is 0 Å². The van der Waals surface area contributed by atoms with Crippen molar-refractivity contribution in [3.05, 3.63) is 70.8 Å². The van der Waals surface area contributed by atoms with Crippen LogP contribution in [-0.4, -0.2) is 18.5 Å². The van der Waals surface area contributed by atoms with E-state index in [2.05, 4.69) is 67.4 Å². The van der Waals surface area contributed by atoms with Gasteiger partial charge in [-0.05, 0) is 37.1 Å². The largest absolute Gasteiger partial charge is 0.326 e. The van der Waals surface area contributed by atoms with E-state index in [4.69, 9.17) is 5.73 Å². The Hall–Kier alpha value is -1.64. The van der Waals surface area contributed by atoms with Gasteiger partial charge in [-0.15, -0.1) is 0 Å². The second-order valence-electron chi connectivity index (χ2n) is 5.50. The molecule has 2 aromatic rings. The van der Waals surface area contributed by atoms with Gasteiger partial charge in [0, 0.05) is 19.6 Å². The van der Waals surface area contributed by atoms with E-state index in [0.717, 1.165) is 19.5 Å². The summed E-state index contributed by atoms with van der Waals surface area (Å²) in [5.41, 5.74) is 10.9. The second kappa shape index (κ2) is 7.22. The molecule has 0 saturated carbocycles. The summed E-state index contributed by atoms with van der Waals surface area (Å²) >= 11 is 0. The molecule has 0 radical (unpaired) electrons. The Kier molecular flexibility index (Phi) is 5.33. The molecule has 0 saturated heterocycles. The van der Waals surface area contributed by atoms with E-state index in [-0.39, 0.29) is 0 Å². The van der Waals surface area contributed by atoms with E-state index in [9.17, 15) is 0 Å². The Labute approximate surface area is 122 Å². The van der Waals surface area contributed by atoms with E-state index in [1.54, 1.807) is 0 Å². The van der Waals surface area contributed by atoms with Crippen LogP contribution in [0.2, 0.25) is 0 Å². The third-order valence-electron chi connectivity index (χ3n) is 3.58. The zero-order valence-corrected chi connectivity index (χ0v) is 12.5. The van der Waals surface area contributed by atoms with Gasteiger partial charge in [0.25, 0.3) is 0 Å². The summed E-state index contributed by atoms with van der Waals surface area (Å²) in [7, 11) is 2.17. The summed E-state index contributed by atoms with van der Waals surface area (Å²) in [6.07, 6.45) is 1.09. The van der Waals surface area contributed by atoms with Crippen LogP contribution in [0.3, 0.4) is 0 Å². The molecule has 0 aliphatic heterocycles. The molecule has 2 heteroatoms. The number of rotatable bonds is 6. The van der Waals surface area contributed by atoms with Crippen molar-refractivity contribution in [3.8, 4) is 0 Å². The third kappa shape index (κ3) is 4.48. The monoisotopic (exact) mass is 268 g/mol. The molecule has 0 fully saturated rings. The van der Waals surface area contributed by atoms with Gasteiger partial charge >= 0.3 is 0 Å². The first-order chi connectivity index (χ1) is 9.67. The molecule has 20 heavy (non-hydrogen) atoms. The SMILES string of the molecule is Cc1ccc(CCN(C)Cc2cccc(CN)c2)cc1. The van der Waals surface area contributed by atoms with Crippen LogP contribution < -0.4 is 5.73 Å². The number of benzene rings is 2. The molecule has 2 N–H and O–H groups in total. The van der Waals surface area contributed by atoms with Crippen LogP contribution in [0.15, 0.2) is 48.5 Å². The van der Waals surface area contributed by atoms with Crippen molar-refractivity contribution in [1.82, 2.24) is 4.90 Å². The lowest BCUT2D eigenvalue weighted by Crippen LogP contribution is -2.20. The predicted molar refractivity (Wildman–Crippen MR) is 85.6 cm³/mol. The Morgan fingerprint density at radius 1 is 0.950 bits per heavy atom. The number of hydrogen-bond acceptors (Lipinski definition) is 2. The van der Waals surface area contributed by atoms with Gasteiger partial charge in [0.15, 0.2) is 0 Å². The first-order valence-corrected chi connectivity index (χ1v) is 7.19. The highest BCUT2D eigenvalue weighted by Gasteiger charge is 2.02. The van der Waals surface area contributed by atoms with Crippen molar-refractivity contribution >= 4 is 0 Å². The molecule has 0 spiro atoms. The minimum atomic E-state index is 0.612. The van der Waals surface area contributed by atoms with Crippen LogP contribution in [0.4, 0.5) is 0 Å². The Morgan fingerprint density at radius 3 is 2.35 bits per heavy atom. The zero-order chi connectivity index (χ0) is 14.4. The highest BCUT2D eigenvalue weighted by molar-refractivity contribution is 5.23. The average molecular weight is 268 g/mol. The van der Waals surface area contributed by atoms with E-state index >= 15 is 0 Å². The van der Waals surface area contributed by atoms with Crippen molar-refractivity contribution in [1.29, 1.82) is 0 Å². The fourth-order valence-electron chi connectivity index (χ4n) is 2.32. The van der Waals surface area contributed by atoms with Crippen LogP contribution in [0.5, 0.6) is 0 Å². The molecule has 106 valence electrons. The van der Waals surface area contributed by atoms with Crippen molar-refractivity contribution in [2.24, 2.45) is 5.73 Å². The minimum Gasteiger partial charge on any atom is -0.326 e. The van der Waals surface area contributed by atoms with E-state index in [1.165, 1.54) is 22.3 Å². The number of nitrogens with zero attached hydrogens (tertiary/aromatic N) is 1. The molecule has 2 nitrogen and oxygen atoms in total. The molecule has 0 aromatic heterocycles. The van der Waals surface area contributed by atoms with E-state index < -0.39 is 0 Å². The molecule has 0 heterocycles. The standard InChI is InChI=1S/C18H24N2/c1-15-6-8-16(9-7-15)10-11-20(2)14-18-5-3-4-17(12-18)13-19/h3-9,12H,10-11,13-14,19H2,1-2H3. The van der Waals surface area contributed by atoms with Crippen LogP contribution in [0, 0.1) is 6.92 Å². The highest BCUT2D eigenvalue weighted by Crippen LogP contribution is 2.09. The van der Waals surface area contributed by atoms with Gasteiger partial charge in [0.1, 0.15) is 0 Å². The fraction of sp³-hybridized carbons (Fsp3) is 0.333. The lowest BCUT2D eigenvalue weighted by molar-refractivity contribution is 0.331. The van der Waals surface area contributed by atoms with Crippen molar-refractivity contribution in [2.75, 3.05) is 13.6 Å². The Balaban J connectivity index is 1.85. The number of nitrogens with two attached hydrogens (primary N) is 1. The molecule has 0 bridgehead atoms. The van der Waals surface area contributed by atoms with E-state index in [0.29, 0.717) is 6.54 Å². The maximum Gasteiger partial charge on any atom is 0.0230 e. The number of likely N-dealkylation sites (N-methyl/N-ethyl adjacent to an activating group) is 1. The summed E-state index contributed by atoms with van der Waals surface area (Å²) in [5, 5.41) is 0. The molecule has 0 atom stereocenters. The smallest absolute Gasteiger partial charge is 0.0230 e. The summed E-state index contributed by atoms with van der Waals surface area (Å²) < 4.78 is 0. The van der Waals surface area contributed by atoms with Gasteiger partial charge in [-0.25, -0.2) is 0 Å². The molecular formula is C18H24N2. The van der Waals surface area contributed by atoms with Crippen LogP contribution in [0.1, 0.15) is 22.3 Å². The molecule has 2 aromatic carbocycles. The van der Waals surface area contributed by atoms with Gasteiger partial charge in [0.05, 0.1) is 0 Å². The van der Waals surface area contributed by atoms with Gasteiger partial charge in [-0.2, -0.15) is 0 Å². The van der Waals surface area contributed by atoms with Crippen LogP contribution >= 0.6 is 0 Å². The average Bonchev–Trinajstić information content (AvgIpc) is 2.47. The zero-order valence-electron chi connectivity index (χ0n) is 12.5. The first kappa shape index (κ1) is 14.8.